The van der Waals surface area contributed by atoms with Crippen LogP contribution in [0.25, 0.3) is 33.9 Å². The van der Waals surface area contributed by atoms with E-state index in [1.807, 2.05) is 31.2 Å². The normalized spacial score (nSPS) is 11.6. The Labute approximate surface area is 106 Å². The molecule has 0 fully saturated rings. The Bertz CT molecular complexity index is 760. The minimum atomic E-state index is 0.874. The molecule has 1 nitrogen and oxygen atoms in total. The van der Waals surface area contributed by atoms with Gasteiger partial charge in [-0.1, -0.05) is 49.1 Å². The van der Waals surface area contributed by atoms with Crippen molar-refractivity contribution in [3.8, 4) is 0 Å². The second-order valence-electron chi connectivity index (χ2n) is 4.24. The molecule has 0 saturated heterocycles. The van der Waals surface area contributed by atoms with Crippen LogP contribution in [0.3, 0.4) is 0 Å². The van der Waals surface area contributed by atoms with E-state index in [0.717, 1.165) is 22.3 Å². The number of allylic oxidation sites excluding steroid dienone is 1. The number of furan rings is 1. The van der Waals surface area contributed by atoms with E-state index in [4.69, 9.17) is 4.42 Å². The highest BCUT2D eigenvalue weighted by Crippen LogP contribution is 2.33. The highest BCUT2D eigenvalue weighted by atomic mass is 16.3. The van der Waals surface area contributed by atoms with Crippen LogP contribution < -0.4 is 0 Å². The molecule has 0 saturated carbocycles. The summed E-state index contributed by atoms with van der Waals surface area (Å²) >= 11 is 0. The maximum atomic E-state index is 5.88. The molecule has 1 aromatic heterocycles. The Morgan fingerprint density at radius 3 is 2.72 bits per heavy atom. The van der Waals surface area contributed by atoms with E-state index in [1.165, 1.54) is 10.8 Å². The highest BCUT2D eigenvalue weighted by molar-refractivity contribution is 6.10. The van der Waals surface area contributed by atoms with E-state index in [1.54, 1.807) is 0 Å². The molecule has 0 N–H and O–H groups in total. The van der Waals surface area contributed by atoms with Gasteiger partial charge in [-0.05, 0) is 29.8 Å². The monoisotopic (exact) mass is 234 g/mol. The lowest BCUT2D eigenvalue weighted by Gasteiger charge is -1.99. The van der Waals surface area contributed by atoms with Gasteiger partial charge in [0.1, 0.15) is 11.3 Å². The molecule has 0 radical (unpaired) electrons. The molecule has 2 aromatic carbocycles. The summed E-state index contributed by atoms with van der Waals surface area (Å²) in [5.74, 6) is 0.874. The smallest absolute Gasteiger partial charge is 0.136 e. The molecule has 0 unspecified atom stereocenters. The van der Waals surface area contributed by atoms with Crippen molar-refractivity contribution in [1.82, 2.24) is 0 Å². The molecule has 1 heteroatoms. The van der Waals surface area contributed by atoms with Crippen molar-refractivity contribution < 1.29 is 4.42 Å². The molecule has 0 spiro atoms. The molecule has 0 aliphatic rings. The molecule has 0 amide bonds. The molecule has 0 aliphatic carbocycles. The van der Waals surface area contributed by atoms with Crippen LogP contribution >= 0.6 is 0 Å². The lowest BCUT2D eigenvalue weighted by atomic mass is 10.0. The average Bonchev–Trinajstić information content (AvgIpc) is 2.77. The first-order chi connectivity index (χ1) is 8.85. The summed E-state index contributed by atoms with van der Waals surface area (Å²) in [6, 6.07) is 12.5. The van der Waals surface area contributed by atoms with Crippen molar-refractivity contribution in [3.05, 3.63) is 60.4 Å². The Balaban J connectivity index is 2.52. The van der Waals surface area contributed by atoms with Gasteiger partial charge in [-0.2, -0.15) is 0 Å². The summed E-state index contributed by atoms with van der Waals surface area (Å²) in [6.45, 7) is 5.89. The Morgan fingerprint density at radius 1 is 1.11 bits per heavy atom. The van der Waals surface area contributed by atoms with Gasteiger partial charge in [0.05, 0.1) is 0 Å². The van der Waals surface area contributed by atoms with E-state index < -0.39 is 0 Å². The third-order valence-electron chi connectivity index (χ3n) is 3.17. The predicted octanol–water partition coefficient (Wildman–Crippen LogP) is 5.26. The summed E-state index contributed by atoms with van der Waals surface area (Å²) < 4.78 is 5.88. The topological polar surface area (TPSA) is 13.1 Å². The fraction of sp³-hybridized carbons (Fsp3) is 0.0588. The minimum absolute atomic E-state index is 0.874. The van der Waals surface area contributed by atoms with E-state index in [9.17, 15) is 0 Å². The molecule has 3 aromatic rings. The number of hydrogen-bond donors (Lipinski definition) is 0. The van der Waals surface area contributed by atoms with Gasteiger partial charge in [0, 0.05) is 10.9 Å². The molecule has 0 bridgehead atoms. The Kier molecular flexibility index (Phi) is 2.52. The van der Waals surface area contributed by atoms with Gasteiger partial charge < -0.3 is 4.42 Å². The van der Waals surface area contributed by atoms with Gasteiger partial charge in [0.15, 0.2) is 0 Å². The zero-order valence-corrected chi connectivity index (χ0v) is 10.3. The zero-order valence-electron chi connectivity index (χ0n) is 10.3. The fourth-order valence-electron chi connectivity index (χ4n) is 2.39. The Morgan fingerprint density at radius 2 is 1.94 bits per heavy atom. The number of rotatable bonds is 2. The molecular formula is C17H14O. The van der Waals surface area contributed by atoms with Gasteiger partial charge >= 0.3 is 0 Å². The second kappa shape index (κ2) is 4.19. The van der Waals surface area contributed by atoms with Crippen LogP contribution in [0.15, 0.2) is 53.5 Å². The molecule has 1 heterocycles. The third kappa shape index (κ3) is 1.48. The van der Waals surface area contributed by atoms with Crippen molar-refractivity contribution in [2.75, 3.05) is 0 Å². The minimum Gasteiger partial charge on any atom is -0.456 e. The van der Waals surface area contributed by atoms with E-state index >= 15 is 0 Å². The van der Waals surface area contributed by atoms with Crippen LogP contribution in [0.2, 0.25) is 0 Å². The number of fused-ring (bicyclic) bond motifs is 3. The number of benzene rings is 2. The van der Waals surface area contributed by atoms with Crippen molar-refractivity contribution in [2.24, 2.45) is 0 Å². The molecule has 3 rings (SSSR count). The first-order valence-electron chi connectivity index (χ1n) is 6.04. The molecule has 0 atom stereocenters. The maximum absolute atomic E-state index is 5.88. The van der Waals surface area contributed by atoms with Gasteiger partial charge in [-0.3, -0.25) is 0 Å². The fourth-order valence-corrected chi connectivity index (χ4v) is 2.39. The highest BCUT2D eigenvalue weighted by Gasteiger charge is 2.12. The summed E-state index contributed by atoms with van der Waals surface area (Å²) in [5, 5.41) is 3.58. The first-order valence-corrected chi connectivity index (χ1v) is 6.04. The maximum Gasteiger partial charge on any atom is 0.136 e. The molecule has 0 aliphatic heterocycles. The summed E-state index contributed by atoms with van der Waals surface area (Å²) in [4.78, 5) is 0. The predicted molar refractivity (Wildman–Crippen MR) is 78.5 cm³/mol. The van der Waals surface area contributed by atoms with E-state index in [-0.39, 0.29) is 0 Å². The van der Waals surface area contributed by atoms with Crippen molar-refractivity contribution >= 4 is 33.9 Å². The first kappa shape index (κ1) is 10.8. The number of hydrogen-bond acceptors (Lipinski definition) is 1. The summed E-state index contributed by atoms with van der Waals surface area (Å²) in [7, 11) is 0. The molecule has 18 heavy (non-hydrogen) atoms. The Hall–Kier alpha value is -2.28. The average molecular weight is 234 g/mol. The van der Waals surface area contributed by atoms with Crippen LogP contribution in [-0.2, 0) is 0 Å². The third-order valence-corrected chi connectivity index (χ3v) is 3.17. The van der Waals surface area contributed by atoms with Crippen molar-refractivity contribution in [1.29, 1.82) is 0 Å². The quantitative estimate of drug-likeness (QED) is 0.589. The molecular weight excluding hydrogens is 220 g/mol. The van der Waals surface area contributed by atoms with Crippen molar-refractivity contribution in [2.45, 2.75) is 6.92 Å². The second-order valence-corrected chi connectivity index (χ2v) is 4.24. The van der Waals surface area contributed by atoms with Gasteiger partial charge in [0.25, 0.3) is 0 Å². The lowest BCUT2D eigenvalue weighted by molar-refractivity contribution is 0.603. The van der Waals surface area contributed by atoms with E-state index in [2.05, 4.69) is 36.9 Å². The summed E-state index contributed by atoms with van der Waals surface area (Å²) in [6.07, 6.45) is 5.83. The largest absolute Gasteiger partial charge is 0.456 e. The lowest BCUT2D eigenvalue weighted by Crippen LogP contribution is -1.76. The van der Waals surface area contributed by atoms with Gasteiger partial charge in [-0.25, -0.2) is 0 Å². The van der Waals surface area contributed by atoms with Gasteiger partial charge in [0.2, 0.25) is 0 Å². The van der Waals surface area contributed by atoms with Crippen LogP contribution in [0.1, 0.15) is 18.2 Å². The van der Waals surface area contributed by atoms with Crippen molar-refractivity contribution in [3.63, 3.8) is 0 Å². The van der Waals surface area contributed by atoms with E-state index in [0.29, 0.717) is 0 Å². The zero-order chi connectivity index (χ0) is 12.5. The van der Waals surface area contributed by atoms with Crippen LogP contribution in [-0.4, -0.2) is 0 Å². The standard InChI is InChI=1S/C17H14O/c1-3-7-15-13(4-2)17-14-9-6-5-8-12(14)10-11-16(17)18-15/h3-11H,2H2,1H3/b7-3-. The van der Waals surface area contributed by atoms with Crippen LogP contribution in [0, 0.1) is 0 Å². The summed E-state index contributed by atoms with van der Waals surface area (Å²) in [5.41, 5.74) is 1.98. The molecule has 88 valence electrons. The van der Waals surface area contributed by atoms with Gasteiger partial charge in [-0.15, -0.1) is 0 Å². The van der Waals surface area contributed by atoms with Crippen LogP contribution in [0.5, 0.6) is 0 Å². The van der Waals surface area contributed by atoms with Crippen LogP contribution in [0.4, 0.5) is 0 Å². The SMILES string of the molecule is C=Cc1c(/C=C\C)oc2ccc3ccccc3c12.